The number of hydrogen-bond acceptors (Lipinski definition) is 6. The second-order valence-electron chi connectivity index (χ2n) is 6.77. The van der Waals surface area contributed by atoms with Gasteiger partial charge in [0.15, 0.2) is 6.10 Å². The van der Waals surface area contributed by atoms with Crippen LogP contribution in [-0.2, 0) is 23.7 Å². The largest absolute Gasteiger partial charge is 0.467 e. The molecule has 0 aromatic carbocycles. The predicted octanol–water partition coefficient (Wildman–Crippen LogP) is 1.55. The zero-order valence-electron chi connectivity index (χ0n) is 13.8. The minimum absolute atomic E-state index is 0.0340. The summed E-state index contributed by atoms with van der Waals surface area (Å²) in [5, 5.41) is 0. The molecule has 4 atom stereocenters. The lowest BCUT2D eigenvalue weighted by atomic mass is 10.1. The molecule has 1 amide bonds. The Hall–Kier alpha value is -1.34. The number of esters is 1. The molecule has 0 N–H and O–H groups in total. The molecule has 0 spiro atoms. The highest BCUT2D eigenvalue weighted by Crippen LogP contribution is 2.49. The van der Waals surface area contributed by atoms with Gasteiger partial charge >= 0.3 is 12.1 Å². The van der Waals surface area contributed by atoms with Crippen molar-refractivity contribution in [3.05, 3.63) is 0 Å². The Morgan fingerprint density at radius 3 is 2.45 bits per heavy atom. The van der Waals surface area contributed by atoms with Crippen molar-refractivity contribution < 1.29 is 28.5 Å². The Morgan fingerprint density at radius 1 is 1.23 bits per heavy atom. The van der Waals surface area contributed by atoms with Crippen LogP contribution in [0.5, 0.6) is 0 Å². The maximum absolute atomic E-state index is 12.5. The number of methoxy groups -OCH3 is 2. The van der Waals surface area contributed by atoms with Gasteiger partial charge in [-0.3, -0.25) is 4.90 Å². The van der Waals surface area contributed by atoms with Gasteiger partial charge in [0.25, 0.3) is 0 Å². The van der Waals surface area contributed by atoms with E-state index in [1.165, 1.54) is 14.2 Å². The molecule has 7 heteroatoms. The fourth-order valence-corrected chi connectivity index (χ4v) is 2.94. The van der Waals surface area contributed by atoms with Gasteiger partial charge < -0.3 is 18.9 Å². The summed E-state index contributed by atoms with van der Waals surface area (Å²) in [7, 11) is 2.78. The van der Waals surface area contributed by atoms with Crippen LogP contribution in [0.2, 0.25) is 0 Å². The van der Waals surface area contributed by atoms with Crippen molar-refractivity contribution in [3.8, 4) is 0 Å². The summed E-state index contributed by atoms with van der Waals surface area (Å²) in [4.78, 5) is 26.1. The minimum Gasteiger partial charge on any atom is -0.467 e. The normalized spacial score (nSPS) is 28.0. The molecule has 0 bridgehead atoms. The molecule has 2 fully saturated rings. The molecule has 1 saturated heterocycles. The van der Waals surface area contributed by atoms with Crippen LogP contribution in [0.1, 0.15) is 33.6 Å². The first kappa shape index (κ1) is 17.0. The Balaban J connectivity index is 2.12. The average Bonchev–Trinajstić information content (AvgIpc) is 3.07. The highest BCUT2D eigenvalue weighted by Gasteiger charge is 2.58. The molecular weight excluding hydrogens is 290 g/mol. The standard InChI is InChI=1S/C15H25NO6/c1-15(2,3)22-14(18)16-10-6-9(10)7-11(16)12(13(17)20-5)21-8-19-4/h9-12H,6-8H2,1-5H3/t9-,10-,11-,12?/m0/s1. The zero-order valence-corrected chi connectivity index (χ0v) is 13.8. The second-order valence-corrected chi connectivity index (χ2v) is 6.77. The van der Waals surface area contributed by atoms with Crippen LogP contribution in [0.3, 0.4) is 0 Å². The molecule has 1 saturated carbocycles. The first-order valence-electron chi connectivity index (χ1n) is 7.48. The second kappa shape index (κ2) is 6.42. The molecule has 126 valence electrons. The van der Waals surface area contributed by atoms with E-state index in [0.717, 1.165) is 6.42 Å². The predicted molar refractivity (Wildman–Crippen MR) is 77.1 cm³/mol. The van der Waals surface area contributed by atoms with Gasteiger partial charge in [0.1, 0.15) is 12.4 Å². The maximum atomic E-state index is 12.5. The first-order valence-corrected chi connectivity index (χ1v) is 7.48. The fourth-order valence-electron chi connectivity index (χ4n) is 2.94. The molecule has 1 heterocycles. The van der Waals surface area contributed by atoms with Crippen molar-refractivity contribution in [2.45, 2.75) is 57.4 Å². The van der Waals surface area contributed by atoms with Gasteiger partial charge in [-0.25, -0.2) is 9.59 Å². The zero-order chi connectivity index (χ0) is 16.5. The SMILES string of the molecule is COCOC(C(=O)OC)[C@@H]1C[C@@H]2C[C@@H]2N1C(=O)OC(C)(C)C. The van der Waals surface area contributed by atoms with Crippen LogP contribution < -0.4 is 0 Å². The van der Waals surface area contributed by atoms with Gasteiger partial charge in [0.05, 0.1) is 13.2 Å². The Bertz CT molecular complexity index is 432. The number of fused-ring (bicyclic) bond motifs is 1. The van der Waals surface area contributed by atoms with Gasteiger partial charge in [-0.1, -0.05) is 0 Å². The van der Waals surface area contributed by atoms with Crippen LogP contribution in [0.25, 0.3) is 0 Å². The van der Waals surface area contributed by atoms with E-state index in [0.29, 0.717) is 12.3 Å². The van der Waals surface area contributed by atoms with Gasteiger partial charge in [0.2, 0.25) is 0 Å². The molecule has 0 radical (unpaired) electrons. The number of carbonyl (C=O) groups excluding carboxylic acids is 2. The molecule has 0 aromatic heterocycles. The fraction of sp³-hybridized carbons (Fsp3) is 0.867. The van der Waals surface area contributed by atoms with E-state index in [-0.39, 0.29) is 18.9 Å². The summed E-state index contributed by atoms with van der Waals surface area (Å²) in [6.07, 6.45) is 0.407. The lowest BCUT2D eigenvalue weighted by Crippen LogP contribution is -2.51. The molecule has 2 rings (SSSR count). The summed E-state index contributed by atoms with van der Waals surface area (Å²) in [6.45, 7) is 5.42. The van der Waals surface area contributed by atoms with Crippen molar-refractivity contribution in [2.24, 2.45) is 5.92 Å². The van der Waals surface area contributed by atoms with Crippen molar-refractivity contribution in [3.63, 3.8) is 0 Å². The number of likely N-dealkylation sites (tertiary alicyclic amines) is 1. The molecule has 0 aromatic rings. The van der Waals surface area contributed by atoms with Gasteiger partial charge in [-0.15, -0.1) is 0 Å². The summed E-state index contributed by atoms with van der Waals surface area (Å²) in [5.74, 6) is -0.0901. The number of amides is 1. The van der Waals surface area contributed by atoms with E-state index in [2.05, 4.69) is 0 Å². The van der Waals surface area contributed by atoms with Crippen LogP contribution >= 0.6 is 0 Å². The van der Waals surface area contributed by atoms with Crippen LogP contribution in [0.15, 0.2) is 0 Å². The Morgan fingerprint density at radius 2 is 1.91 bits per heavy atom. The van der Waals surface area contributed by atoms with Crippen molar-refractivity contribution in [1.82, 2.24) is 4.90 Å². The molecule has 22 heavy (non-hydrogen) atoms. The number of hydrogen-bond donors (Lipinski definition) is 0. The monoisotopic (exact) mass is 315 g/mol. The van der Waals surface area contributed by atoms with E-state index in [1.54, 1.807) is 4.90 Å². The molecule has 1 aliphatic heterocycles. The van der Waals surface area contributed by atoms with E-state index in [1.807, 2.05) is 20.8 Å². The summed E-state index contributed by atoms with van der Waals surface area (Å²) < 4.78 is 20.6. The third kappa shape index (κ3) is 3.70. The van der Waals surface area contributed by atoms with E-state index >= 15 is 0 Å². The Kier molecular flexibility index (Phi) is 4.97. The van der Waals surface area contributed by atoms with Crippen LogP contribution in [-0.4, -0.2) is 61.8 Å². The number of rotatable bonds is 5. The summed E-state index contributed by atoms with van der Waals surface area (Å²) >= 11 is 0. The quantitative estimate of drug-likeness (QED) is 0.566. The van der Waals surface area contributed by atoms with Gasteiger partial charge in [-0.2, -0.15) is 0 Å². The lowest BCUT2D eigenvalue weighted by Gasteiger charge is -2.33. The molecular formula is C15H25NO6. The van der Waals surface area contributed by atoms with Gasteiger partial charge in [0, 0.05) is 13.2 Å². The van der Waals surface area contributed by atoms with Crippen molar-refractivity contribution >= 4 is 12.1 Å². The Labute approximate surface area is 130 Å². The summed E-state index contributed by atoms with van der Waals surface area (Å²) in [5.41, 5.74) is -0.581. The van der Waals surface area contributed by atoms with Crippen LogP contribution in [0.4, 0.5) is 4.79 Å². The number of piperidine rings is 1. The smallest absolute Gasteiger partial charge is 0.410 e. The minimum atomic E-state index is -0.856. The number of nitrogens with zero attached hydrogens (tertiary/aromatic N) is 1. The number of carbonyl (C=O) groups is 2. The number of ether oxygens (including phenoxy) is 4. The topological polar surface area (TPSA) is 74.3 Å². The molecule has 1 aliphatic carbocycles. The molecule has 1 unspecified atom stereocenters. The first-order chi connectivity index (χ1) is 10.3. The third-order valence-corrected chi connectivity index (χ3v) is 3.90. The molecule has 7 nitrogen and oxygen atoms in total. The van der Waals surface area contributed by atoms with Crippen molar-refractivity contribution in [1.29, 1.82) is 0 Å². The highest BCUT2D eigenvalue weighted by molar-refractivity contribution is 5.78. The van der Waals surface area contributed by atoms with Gasteiger partial charge in [-0.05, 0) is 39.5 Å². The lowest BCUT2D eigenvalue weighted by molar-refractivity contribution is -0.168. The maximum Gasteiger partial charge on any atom is 0.410 e. The van der Waals surface area contributed by atoms with E-state index < -0.39 is 23.8 Å². The van der Waals surface area contributed by atoms with Crippen LogP contribution in [0, 0.1) is 5.92 Å². The molecule has 2 aliphatic rings. The average molecular weight is 315 g/mol. The highest BCUT2D eigenvalue weighted by atomic mass is 16.7. The third-order valence-electron chi connectivity index (χ3n) is 3.90. The summed E-state index contributed by atoms with van der Waals surface area (Å²) in [6, 6.07) is -0.237. The van der Waals surface area contributed by atoms with E-state index in [4.69, 9.17) is 18.9 Å². The van der Waals surface area contributed by atoms with E-state index in [9.17, 15) is 9.59 Å². The van der Waals surface area contributed by atoms with Crippen molar-refractivity contribution in [2.75, 3.05) is 21.0 Å².